The monoisotopic (exact) mass is 212 g/mol. The lowest BCUT2D eigenvalue weighted by molar-refractivity contribution is -0.121. The van der Waals surface area contributed by atoms with Crippen molar-refractivity contribution in [3.8, 4) is 0 Å². The van der Waals surface area contributed by atoms with Gasteiger partial charge in [-0.3, -0.25) is 4.79 Å². The van der Waals surface area contributed by atoms with Crippen LogP contribution in [0.1, 0.15) is 31.5 Å². The number of hydrogen-bond acceptors (Lipinski definition) is 5. The molecule has 1 unspecified atom stereocenters. The Hall–Kier alpha value is -1.43. The van der Waals surface area contributed by atoms with Crippen molar-refractivity contribution in [2.24, 2.45) is 5.73 Å². The third kappa shape index (κ3) is 4.07. The zero-order valence-electron chi connectivity index (χ0n) is 8.99. The molecule has 0 bridgehead atoms. The second-order valence-electron chi connectivity index (χ2n) is 3.38. The average molecular weight is 212 g/mol. The molecule has 0 aliphatic carbocycles. The second kappa shape index (κ2) is 5.45. The average Bonchev–Trinajstić information content (AvgIpc) is 2.61. The van der Waals surface area contributed by atoms with Crippen LogP contribution in [0.25, 0.3) is 0 Å². The summed E-state index contributed by atoms with van der Waals surface area (Å²) >= 11 is 0. The van der Waals surface area contributed by atoms with Crippen molar-refractivity contribution >= 4 is 5.91 Å². The van der Waals surface area contributed by atoms with Crippen LogP contribution >= 0.6 is 0 Å². The Labute approximate surface area is 88.2 Å². The Morgan fingerprint density at radius 3 is 2.93 bits per heavy atom. The first-order valence-electron chi connectivity index (χ1n) is 4.93. The van der Waals surface area contributed by atoms with Gasteiger partial charge in [-0.1, -0.05) is 12.1 Å². The van der Waals surface area contributed by atoms with Gasteiger partial charge in [-0.05, 0) is 6.42 Å². The maximum Gasteiger partial charge on any atom is 0.223 e. The molecule has 6 heteroatoms. The largest absolute Gasteiger partial charge is 0.349 e. The van der Waals surface area contributed by atoms with Crippen LogP contribution in [0, 0.1) is 6.92 Å². The van der Waals surface area contributed by atoms with Gasteiger partial charge < -0.3 is 15.6 Å². The molecule has 1 amide bonds. The van der Waals surface area contributed by atoms with Crippen molar-refractivity contribution in [3.63, 3.8) is 0 Å². The number of nitrogens with one attached hydrogen (secondary N) is 1. The predicted molar refractivity (Wildman–Crippen MR) is 53.8 cm³/mol. The summed E-state index contributed by atoms with van der Waals surface area (Å²) in [5.74, 6) is 0.877. The molecular weight excluding hydrogens is 196 g/mol. The molecule has 0 fully saturated rings. The molecule has 15 heavy (non-hydrogen) atoms. The summed E-state index contributed by atoms with van der Waals surface area (Å²) in [5.41, 5.74) is 5.64. The van der Waals surface area contributed by atoms with E-state index < -0.39 is 0 Å². The van der Waals surface area contributed by atoms with Gasteiger partial charge in [-0.15, -0.1) is 0 Å². The van der Waals surface area contributed by atoms with Gasteiger partial charge in [0.25, 0.3) is 0 Å². The van der Waals surface area contributed by atoms with Crippen LogP contribution in [0.3, 0.4) is 0 Å². The predicted octanol–water partition coefficient (Wildman–Crippen LogP) is 0.122. The van der Waals surface area contributed by atoms with Gasteiger partial charge in [0.1, 0.15) is 0 Å². The third-order valence-electron chi connectivity index (χ3n) is 1.99. The normalized spacial score (nSPS) is 12.5. The maximum absolute atomic E-state index is 11.3. The molecule has 0 spiro atoms. The number of nitrogens with zero attached hydrogens (tertiary/aromatic N) is 2. The number of rotatable bonds is 5. The lowest BCUT2D eigenvalue weighted by Gasteiger charge is -2.07. The fraction of sp³-hybridized carbons (Fsp3) is 0.667. The molecule has 1 aromatic heterocycles. The summed E-state index contributed by atoms with van der Waals surface area (Å²) in [4.78, 5) is 15.3. The summed E-state index contributed by atoms with van der Waals surface area (Å²) in [7, 11) is 0. The highest BCUT2D eigenvalue weighted by Gasteiger charge is 2.08. The van der Waals surface area contributed by atoms with E-state index in [1.165, 1.54) is 0 Å². The summed E-state index contributed by atoms with van der Waals surface area (Å²) in [6.07, 6.45) is 1.11. The minimum absolute atomic E-state index is 0.0861. The van der Waals surface area contributed by atoms with Crippen LogP contribution in [0.5, 0.6) is 0 Å². The quantitative estimate of drug-likeness (QED) is 0.723. The molecule has 0 saturated carbocycles. The number of hydrogen-bond donors (Lipinski definition) is 2. The third-order valence-corrected chi connectivity index (χ3v) is 1.99. The molecule has 3 N–H and O–H groups in total. The Morgan fingerprint density at radius 1 is 1.67 bits per heavy atom. The Kier molecular flexibility index (Phi) is 4.23. The van der Waals surface area contributed by atoms with Crippen LogP contribution < -0.4 is 11.1 Å². The molecule has 0 saturated heterocycles. The number of amides is 1. The van der Waals surface area contributed by atoms with Crippen LogP contribution in [-0.2, 0) is 11.3 Å². The molecule has 0 aliphatic heterocycles. The number of aromatic nitrogens is 2. The van der Waals surface area contributed by atoms with Gasteiger partial charge >= 0.3 is 0 Å². The van der Waals surface area contributed by atoms with Gasteiger partial charge in [-0.25, -0.2) is 0 Å². The van der Waals surface area contributed by atoms with Gasteiger partial charge in [0, 0.05) is 19.4 Å². The fourth-order valence-electron chi connectivity index (χ4n) is 1.05. The first kappa shape index (κ1) is 11.6. The standard InChI is InChI=1S/C9H16N4O2/c1-3-7(10)4-9(14)11-5-8-12-6(2)15-13-8/h7H,3-5,10H2,1-2H3,(H,11,14). The minimum atomic E-state index is -0.0909. The first-order valence-corrected chi connectivity index (χ1v) is 4.93. The van der Waals surface area contributed by atoms with Crippen molar-refractivity contribution in [2.45, 2.75) is 39.3 Å². The fourth-order valence-corrected chi connectivity index (χ4v) is 1.05. The molecule has 84 valence electrons. The van der Waals surface area contributed by atoms with E-state index >= 15 is 0 Å². The molecular formula is C9H16N4O2. The summed E-state index contributed by atoms with van der Waals surface area (Å²) in [6.45, 7) is 3.93. The van der Waals surface area contributed by atoms with Crippen LogP contribution in [0.2, 0.25) is 0 Å². The van der Waals surface area contributed by atoms with Crippen LogP contribution in [-0.4, -0.2) is 22.1 Å². The smallest absolute Gasteiger partial charge is 0.223 e. The van der Waals surface area contributed by atoms with Crippen molar-refractivity contribution in [3.05, 3.63) is 11.7 Å². The topological polar surface area (TPSA) is 94.0 Å². The molecule has 0 radical (unpaired) electrons. The number of aryl methyl sites for hydroxylation is 1. The van der Waals surface area contributed by atoms with Crippen molar-refractivity contribution in [2.75, 3.05) is 0 Å². The Morgan fingerprint density at radius 2 is 2.40 bits per heavy atom. The van der Waals surface area contributed by atoms with E-state index in [0.29, 0.717) is 18.1 Å². The molecule has 1 atom stereocenters. The lowest BCUT2D eigenvalue weighted by atomic mass is 10.1. The van der Waals surface area contributed by atoms with Crippen LogP contribution in [0.4, 0.5) is 0 Å². The maximum atomic E-state index is 11.3. The van der Waals surface area contributed by atoms with Gasteiger partial charge in [0.2, 0.25) is 11.8 Å². The molecule has 1 rings (SSSR count). The Balaban J connectivity index is 2.28. The molecule has 0 aliphatic rings. The van der Waals surface area contributed by atoms with E-state index in [0.717, 1.165) is 6.42 Å². The Bertz CT molecular complexity index is 324. The van der Waals surface area contributed by atoms with E-state index in [4.69, 9.17) is 10.3 Å². The van der Waals surface area contributed by atoms with Gasteiger partial charge in [0.05, 0.1) is 6.54 Å². The minimum Gasteiger partial charge on any atom is -0.349 e. The van der Waals surface area contributed by atoms with Crippen molar-refractivity contribution < 1.29 is 9.32 Å². The van der Waals surface area contributed by atoms with E-state index in [-0.39, 0.29) is 18.5 Å². The second-order valence-corrected chi connectivity index (χ2v) is 3.38. The van der Waals surface area contributed by atoms with E-state index in [1.807, 2.05) is 6.92 Å². The van der Waals surface area contributed by atoms with E-state index in [1.54, 1.807) is 6.92 Å². The molecule has 6 nitrogen and oxygen atoms in total. The highest BCUT2D eigenvalue weighted by molar-refractivity contribution is 5.76. The van der Waals surface area contributed by atoms with Crippen molar-refractivity contribution in [1.29, 1.82) is 0 Å². The zero-order chi connectivity index (χ0) is 11.3. The highest BCUT2D eigenvalue weighted by atomic mass is 16.5. The van der Waals surface area contributed by atoms with Gasteiger partial charge in [-0.2, -0.15) is 4.98 Å². The van der Waals surface area contributed by atoms with E-state index in [2.05, 4.69) is 15.5 Å². The highest BCUT2D eigenvalue weighted by Crippen LogP contribution is 1.96. The summed E-state index contributed by atoms with van der Waals surface area (Å²) in [6, 6.07) is -0.0861. The van der Waals surface area contributed by atoms with Crippen molar-refractivity contribution in [1.82, 2.24) is 15.5 Å². The molecule has 1 aromatic rings. The first-order chi connectivity index (χ1) is 7.11. The molecule has 0 aromatic carbocycles. The zero-order valence-corrected chi connectivity index (χ0v) is 8.99. The lowest BCUT2D eigenvalue weighted by Crippen LogP contribution is -2.31. The van der Waals surface area contributed by atoms with Crippen LogP contribution in [0.15, 0.2) is 4.52 Å². The number of carbonyl (C=O) groups excluding carboxylic acids is 1. The molecule has 1 heterocycles. The van der Waals surface area contributed by atoms with Gasteiger partial charge in [0.15, 0.2) is 5.82 Å². The summed E-state index contributed by atoms with van der Waals surface area (Å²) in [5, 5.41) is 6.33. The number of carbonyl (C=O) groups is 1. The van der Waals surface area contributed by atoms with E-state index in [9.17, 15) is 4.79 Å². The number of nitrogens with two attached hydrogens (primary N) is 1. The SMILES string of the molecule is CCC(N)CC(=O)NCc1noc(C)n1. The summed E-state index contributed by atoms with van der Waals surface area (Å²) < 4.78 is 4.76.